The van der Waals surface area contributed by atoms with E-state index in [0.717, 1.165) is 32.1 Å². The number of benzene rings is 1. The Morgan fingerprint density at radius 1 is 0.893 bits per heavy atom. The molecule has 2 aliphatic carbocycles. The summed E-state index contributed by atoms with van der Waals surface area (Å²) in [5.74, 6) is -1.54. The van der Waals surface area contributed by atoms with E-state index in [9.17, 15) is 14.4 Å². The maximum atomic E-state index is 13.3. The van der Waals surface area contributed by atoms with E-state index in [1.807, 2.05) is 25.1 Å². The van der Waals surface area contributed by atoms with E-state index in [4.69, 9.17) is 0 Å². The Bertz CT molecular complexity index is 739. The second-order valence-electron chi connectivity index (χ2n) is 8.76. The lowest BCUT2D eigenvalue weighted by molar-refractivity contribution is -0.137. The first-order valence-corrected chi connectivity index (χ1v) is 10.8. The molecule has 1 aromatic rings. The number of fused-ring (bicyclic) bond motifs is 1. The topological polar surface area (TPSA) is 66.5 Å². The Kier molecular flexibility index (Phi) is 5.51. The lowest BCUT2D eigenvalue weighted by Gasteiger charge is -2.34. The van der Waals surface area contributed by atoms with Gasteiger partial charge in [-0.2, -0.15) is 0 Å². The minimum Gasteiger partial charge on any atom is -0.353 e. The Morgan fingerprint density at radius 2 is 1.54 bits per heavy atom. The van der Waals surface area contributed by atoms with Crippen LogP contribution in [-0.2, 0) is 14.4 Å². The largest absolute Gasteiger partial charge is 0.353 e. The van der Waals surface area contributed by atoms with Gasteiger partial charge in [-0.1, -0.05) is 50.8 Å². The second kappa shape index (κ2) is 8.06. The number of hydrogen-bond donors (Lipinski definition) is 1. The van der Waals surface area contributed by atoms with Crippen LogP contribution in [0.25, 0.3) is 0 Å². The van der Waals surface area contributed by atoms with Crippen LogP contribution in [0.4, 0.5) is 5.69 Å². The molecule has 4 atom stereocenters. The highest BCUT2D eigenvalue weighted by Crippen LogP contribution is 2.46. The van der Waals surface area contributed by atoms with Gasteiger partial charge >= 0.3 is 0 Å². The Labute approximate surface area is 166 Å². The predicted molar refractivity (Wildman–Crippen MR) is 107 cm³/mol. The molecule has 5 nitrogen and oxygen atoms in total. The third kappa shape index (κ3) is 3.47. The molecule has 0 bridgehead atoms. The molecular weight excluding hydrogens is 352 g/mol. The summed E-state index contributed by atoms with van der Waals surface area (Å²) in [6.07, 6.45) is 8.30. The van der Waals surface area contributed by atoms with Crippen LogP contribution in [0, 0.1) is 23.7 Å². The van der Waals surface area contributed by atoms with E-state index in [2.05, 4.69) is 5.32 Å². The summed E-state index contributed by atoms with van der Waals surface area (Å²) in [5, 5.41) is 3.23. The Morgan fingerprint density at radius 3 is 2.21 bits per heavy atom. The van der Waals surface area contributed by atoms with Crippen molar-refractivity contribution in [2.45, 2.75) is 64.3 Å². The summed E-state index contributed by atoms with van der Waals surface area (Å²) in [4.78, 5) is 40.9. The van der Waals surface area contributed by atoms with Crippen LogP contribution in [0.5, 0.6) is 0 Å². The fourth-order valence-electron chi connectivity index (χ4n) is 5.39. The lowest BCUT2D eigenvalue weighted by Crippen LogP contribution is -2.46. The molecule has 1 aromatic carbocycles. The van der Waals surface area contributed by atoms with Crippen LogP contribution in [0.3, 0.4) is 0 Å². The van der Waals surface area contributed by atoms with Gasteiger partial charge in [-0.05, 0) is 43.7 Å². The van der Waals surface area contributed by atoms with Gasteiger partial charge in [0.25, 0.3) is 0 Å². The van der Waals surface area contributed by atoms with Crippen LogP contribution in [0.1, 0.15) is 58.3 Å². The van der Waals surface area contributed by atoms with Crippen LogP contribution < -0.4 is 10.2 Å². The number of anilines is 1. The molecule has 0 aromatic heterocycles. The molecule has 1 aliphatic heterocycles. The van der Waals surface area contributed by atoms with Crippen molar-refractivity contribution in [1.29, 1.82) is 0 Å². The fourth-order valence-corrected chi connectivity index (χ4v) is 5.39. The third-order valence-electron chi connectivity index (χ3n) is 6.93. The van der Waals surface area contributed by atoms with Gasteiger partial charge in [0.15, 0.2) is 0 Å². The van der Waals surface area contributed by atoms with Gasteiger partial charge in [0, 0.05) is 6.04 Å². The molecule has 3 aliphatic rings. The molecule has 0 spiro atoms. The lowest BCUT2D eigenvalue weighted by atomic mass is 9.68. The van der Waals surface area contributed by atoms with Gasteiger partial charge in [0.1, 0.15) is 0 Å². The van der Waals surface area contributed by atoms with E-state index < -0.39 is 11.8 Å². The van der Waals surface area contributed by atoms with Gasteiger partial charge < -0.3 is 5.32 Å². The fraction of sp³-hybridized carbons (Fsp3) is 0.609. The first-order chi connectivity index (χ1) is 13.6. The molecule has 1 saturated heterocycles. The summed E-state index contributed by atoms with van der Waals surface area (Å²) in [7, 11) is 0. The number of amides is 3. The first kappa shape index (κ1) is 19.2. The molecule has 1 N–H and O–H groups in total. The van der Waals surface area contributed by atoms with E-state index >= 15 is 0 Å². The summed E-state index contributed by atoms with van der Waals surface area (Å²) in [6, 6.07) is 9.32. The van der Waals surface area contributed by atoms with Gasteiger partial charge in [-0.15, -0.1) is 0 Å². The molecule has 4 rings (SSSR count). The standard InChI is InChI=1S/C23H30N2O3/c1-15-13-14-18(21(26)24-16-9-5-2-3-6-10-16)20-19(15)22(27)25(23(20)28)17-11-7-4-8-12-17/h4,7-8,11-12,15-16,18-20H,2-3,5-6,9-10,13-14H2,1H3,(H,24,26)/t15-,18+,19+,20-/m1/s1. The summed E-state index contributed by atoms with van der Waals surface area (Å²) in [5.41, 5.74) is 0.613. The normalized spacial score (nSPS) is 31.4. The summed E-state index contributed by atoms with van der Waals surface area (Å²) < 4.78 is 0. The average molecular weight is 383 g/mol. The van der Waals surface area contributed by atoms with Crippen molar-refractivity contribution < 1.29 is 14.4 Å². The predicted octanol–water partition coefficient (Wildman–Crippen LogP) is 3.68. The van der Waals surface area contributed by atoms with Gasteiger partial charge in [-0.25, -0.2) is 0 Å². The Hall–Kier alpha value is -2.17. The average Bonchev–Trinajstić information content (AvgIpc) is 2.85. The second-order valence-corrected chi connectivity index (χ2v) is 8.76. The van der Waals surface area contributed by atoms with Crippen molar-refractivity contribution in [3.63, 3.8) is 0 Å². The van der Waals surface area contributed by atoms with Crippen LogP contribution in [0.15, 0.2) is 30.3 Å². The number of para-hydroxylation sites is 1. The molecule has 0 unspecified atom stereocenters. The zero-order valence-electron chi connectivity index (χ0n) is 16.6. The highest BCUT2D eigenvalue weighted by Gasteiger charge is 2.56. The number of hydrogen-bond acceptors (Lipinski definition) is 3. The van der Waals surface area contributed by atoms with E-state index in [0.29, 0.717) is 12.1 Å². The van der Waals surface area contributed by atoms with E-state index in [1.165, 1.54) is 17.7 Å². The molecule has 28 heavy (non-hydrogen) atoms. The van der Waals surface area contributed by atoms with E-state index in [1.54, 1.807) is 12.1 Å². The SMILES string of the molecule is C[C@@H]1CC[C@H](C(=O)NC2CCCCCC2)[C@H]2C(=O)N(c3ccccc3)C(=O)[C@H]21. The maximum Gasteiger partial charge on any atom is 0.238 e. The molecule has 3 fully saturated rings. The minimum absolute atomic E-state index is 0.0233. The highest BCUT2D eigenvalue weighted by molar-refractivity contribution is 6.23. The van der Waals surface area contributed by atoms with Crippen molar-refractivity contribution in [1.82, 2.24) is 5.32 Å². The third-order valence-corrected chi connectivity index (χ3v) is 6.93. The summed E-state index contributed by atoms with van der Waals surface area (Å²) in [6.45, 7) is 2.04. The van der Waals surface area contributed by atoms with Crippen LogP contribution >= 0.6 is 0 Å². The van der Waals surface area contributed by atoms with Crippen molar-refractivity contribution in [3.05, 3.63) is 30.3 Å². The van der Waals surface area contributed by atoms with E-state index in [-0.39, 0.29) is 35.6 Å². The smallest absolute Gasteiger partial charge is 0.238 e. The summed E-state index contributed by atoms with van der Waals surface area (Å²) >= 11 is 0. The van der Waals surface area contributed by atoms with Gasteiger partial charge in [0.2, 0.25) is 17.7 Å². The monoisotopic (exact) mass is 382 g/mol. The number of nitrogens with zero attached hydrogens (tertiary/aromatic N) is 1. The molecule has 1 heterocycles. The highest BCUT2D eigenvalue weighted by atomic mass is 16.2. The van der Waals surface area contributed by atoms with Crippen LogP contribution in [-0.4, -0.2) is 23.8 Å². The number of nitrogens with one attached hydrogen (secondary N) is 1. The molecule has 0 radical (unpaired) electrons. The zero-order chi connectivity index (χ0) is 19.7. The zero-order valence-corrected chi connectivity index (χ0v) is 16.6. The molecule has 2 saturated carbocycles. The number of carbonyl (C=O) groups is 3. The van der Waals surface area contributed by atoms with Crippen molar-refractivity contribution in [2.24, 2.45) is 23.7 Å². The van der Waals surface area contributed by atoms with Gasteiger partial charge in [0.05, 0.1) is 23.4 Å². The number of rotatable bonds is 3. The van der Waals surface area contributed by atoms with Crippen molar-refractivity contribution in [2.75, 3.05) is 4.90 Å². The Balaban J connectivity index is 1.56. The maximum absolute atomic E-state index is 13.3. The molecule has 3 amide bonds. The van der Waals surface area contributed by atoms with Crippen molar-refractivity contribution in [3.8, 4) is 0 Å². The molecular formula is C23H30N2O3. The van der Waals surface area contributed by atoms with Crippen LogP contribution in [0.2, 0.25) is 0 Å². The van der Waals surface area contributed by atoms with Crippen molar-refractivity contribution >= 4 is 23.4 Å². The molecule has 5 heteroatoms. The van der Waals surface area contributed by atoms with Gasteiger partial charge in [-0.3, -0.25) is 19.3 Å². The first-order valence-electron chi connectivity index (χ1n) is 10.8. The number of carbonyl (C=O) groups excluding carboxylic acids is 3. The molecule has 150 valence electrons. The minimum atomic E-state index is -0.526. The number of imide groups is 1. The quantitative estimate of drug-likeness (QED) is 0.641.